The van der Waals surface area contributed by atoms with E-state index in [0.29, 0.717) is 0 Å². The molecule has 0 amide bonds. The maximum atomic E-state index is 11.4. The van der Waals surface area contributed by atoms with Crippen molar-refractivity contribution in [3.8, 4) is 0 Å². The largest absolute Gasteiger partial charge is 0.469 e. The summed E-state index contributed by atoms with van der Waals surface area (Å²) in [7, 11) is -0.383. The van der Waals surface area contributed by atoms with Gasteiger partial charge in [-0.2, -0.15) is 0 Å². The zero-order valence-electron chi connectivity index (χ0n) is 11.9. The molecule has 0 saturated heterocycles. The van der Waals surface area contributed by atoms with Crippen LogP contribution in [0.4, 0.5) is 0 Å². The number of hydrogen-bond donors (Lipinski definition) is 0. The number of carbonyl (C=O) groups excluding carboxylic acids is 1. The van der Waals surface area contributed by atoms with E-state index < -0.39 is 8.32 Å². The van der Waals surface area contributed by atoms with E-state index in [0.717, 1.165) is 0 Å². The molecule has 0 aliphatic carbocycles. The lowest BCUT2D eigenvalue weighted by Gasteiger charge is -2.39. The van der Waals surface area contributed by atoms with Gasteiger partial charge in [0.2, 0.25) is 0 Å². The Morgan fingerprint density at radius 2 is 1.62 bits per heavy atom. The molecule has 3 nitrogen and oxygen atoms in total. The van der Waals surface area contributed by atoms with Gasteiger partial charge in [0, 0.05) is 0 Å². The molecule has 0 radical (unpaired) electrons. The van der Waals surface area contributed by atoms with Gasteiger partial charge in [-0.15, -0.1) is 0 Å². The van der Waals surface area contributed by atoms with E-state index in [4.69, 9.17) is 9.16 Å². The van der Waals surface area contributed by atoms with Gasteiger partial charge in [-0.05, 0) is 32.0 Å². The zero-order chi connectivity index (χ0) is 13.1. The van der Waals surface area contributed by atoms with E-state index in [-0.39, 0.29) is 23.0 Å². The van der Waals surface area contributed by atoms with Crippen molar-refractivity contribution in [3.63, 3.8) is 0 Å². The van der Waals surface area contributed by atoms with Gasteiger partial charge in [0.1, 0.15) is 0 Å². The number of esters is 1. The van der Waals surface area contributed by atoms with Crippen LogP contribution >= 0.6 is 0 Å². The first kappa shape index (κ1) is 15.6. The van der Waals surface area contributed by atoms with Crippen LogP contribution in [0.5, 0.6) is 0 Å². The van der Waals surface area contributed by atoms with E-state index in [1.807, 2.05) is 13.8 Å². The van der Waals surface area contributed by atoms with Crippen molar-refractivity contribution in [1.82, 2.24) is 0 Å². The number of ether oxygens (including phenoxy) is 1. The minimum atomic E-state index is -1.80. The lowest BCUT2D eigenvalue weighted by molar-refractivity contribution is -0.147. The predicted octanol–water partition coefficient (Wildman–Crippen LogP) is 3.21. The van der Waals surface area contributed by atoms with Gasteiger partial charge in [0.05, 0.1) is 19.1 Å². The fourth-order valence-corrected chi connectivity index (χ4v) is 2.61. The Hall–Kier alpha value is -0.353. The molecule has 2 unspecified atom stereocenters. The zero-order valence-corrected chi connectivity index (χ0v) is 12.9. The van der Waals surface area contributed by atoms with Crippen molar-refractivity contribution in [1.29, 1.82) is 0 Å². The van der Waals surface area contributed by atoms with Crippen LogP contribution in [-0.2, 0) is 14.0 Å². The van der Waals surface area contributed by atoms with Crippen LogP contribution in [0.3, 0.4) is 0 Å². The highest BCUT2D eigenvalue weighted by Gasteiger charge is 2.40. The molecule has 0 aromatic rings. The lowest BCUT2D eigenvalue weighted by atomic mass is 10.1. The molecular formula is C12H26O3Si. The highest BCUT2D eigenvalue weighted by molar-refractivity contribution is 6.74. The summed E-state index contributed by atoms with van der Waals surface area (Å²) in [4.78, 5) is 11.4. The average Bonchev–Trinajstić information content (AvgIpc) is 2.12. The third kappa shape index (κ3) is 3.90. The molecule has 0 aromatic carbocycles. The van der Waals surface area contributed by atoms with E-state index >= 15 is 0 Å². The normalized spacial score (nSPS) is 16.8. The molecule has 0 aliphatic heterocycles. The molecule has 0 rings (SSSR count). The van der Waals surface area contributed by atoms with Crippen LogP contribution in [0.25, 0.3) is 0 Å². The van der Waals surface area contributed by atoms with Crippen LogP contribution in [0.2, 0.25) is 18.1 Å². The molecule has 0 spiro atoms. The van der Waals surface area contributed by atoms with Crippen LogP contribution in [0.1, 0.15) is 34.6 Å². The molecule has 16 heavy (non-hydrogen) atoms. The SMILES string of the molecule is COC(=O)C(C)C(C)O[Si](C)(C)C(C)(C)C. The van der Waals surface area contributed by atoms with E-state index in [1.165, 1.54) is 7.11 Å². The average molecular weight is 246 g/mol. The second-order valence-corrected chi connectivity index (χ2v) is 10.7. The summed E-state index contributed by atoms with van der Waals surface area (Å²) < 4.78 is 10.9. The van der Waals surface area contributed by atoms with Crippen molar-refractivity contribution >= 4 is 14.3 Å². The summed E-state index contributed by atoms with van der Waals surface area (Å²) in [6.07, 6.45) is -0.0895. The Kier molecular flexibility index (Phi) is 5.20. The monoisotopic (exact) mass is 246 g/mol. The molecule has 0 N–H and O–H groups in total. The minimum Gasteiger partial charge on any atom is -0.469 e. The van der Waals surface area contributed by atoms with E-state index in [9.17, 15) is 4.79 Å². The van der Waals surface area contributed by atoms with Crippen LogP contribution in [-0.4, -0.2) is 27.5 Å². The Bertz CT molecular complexity index is 243. The number of carbonyl (C=O) groups is 1. The first-order valence-corrected chi connectivity index (χ1v) is 8.69. The quantitative estimate of drug-likeness (QED) is 0.564. The summed E-state index contributed by atoms with van der Waals surface area (Å²) in [5, 5.41) is 0.164. The van der Waals surface area contributed by atoms with Crippen molar-refractivity contribution in [2.45, 2.75) is 58.9 Å². The second-order valence-electron chi connectivity index (χ2n) is 5.90. The topological polar surface area (TPSA) is 35.5 Å². The second kappa shape index (κ2) is 5.32. The molecule has 0 saturated carbocycles. The summed E-state index contributed by atoms with van der Waals surface area (Å²) in [5.74, 6) is -0.412. The molecule has 0 fully saturated rings. The molecule has 0 aliphatic rings. The smallest absolute Gasteiger partial charge is 0.310 e. The highest BCUT2D eigenvalue weighted by atomic mass is 28.4. The van der Waals surface area contributed by atoms with Crippen molar-refractivity contribution in [2.75, 3.05) is 7.11 Å². The molecule has 4 heteroatoms. The van der Waals surface area contributed by atoms with Gasteiger partial charge in [-0.1, -0.05) is 20.8 Å². The molecule has 96 valence electrons. The maximum Gasteiger partial charge on any atom is 0.310 e. The summed E-state index contributed by atoms with van der Waals surface area (Å²) in [6.45, 7) is 14.7. The summed E-state index contributed by atoms with van der Waals surface area (Å²) in [6, 6.07) is 0. The van der Waals surface area contributed by atoms with Gasteiger partial charge < -0.3 is 9.16 Å². The Balaban J connectivity index is 4.56. The third-order valence-electron chi connectivity index (χ3n) is 3.56. The van der Waals surface area contributed by atoms with Crippen LogP contribution < -0.4 is 0 Å². The summed E-state index contributed by atoms with van der Waals surface area (Å²) >= 11 is 0. The standard InChI is InChI=1S/C12H26O3Si/c1-9(11(13)14-6)10(2)15-16(7,8)12(3,4)5/h9-10H,1-8H3. The Morgan fingerprint density at radius 3 is 1.94 bits per heavy atom. The van der Waals surface area contributed by atoms with Crippen LogP contribution in [0.15, 0.2) is 0 Å². The van der Waals surface area contributed by atoms with Gasteiger partial charge in [0.15, 0.2) is 8.32 Å². The first-order chi connectivity index (χ1) is 7.03. The third-order valence-corrected chi connectivity index (χ3v) is 8.14. The minimum absolute atomic E-state index is 0.0895. The Morgan fingerprint density at radius 1 is 1.19 bits per heavy atom. The molecule has 0 heterocycles. The maximum absolute atomic E-state index is 11.4. The lowest BCUT2D eigenvalue weighted by Crippen LogP contribution is -2.45. The number of hydrogen-bond acceptors (Lipinski definition) is 3. The van der Waals surface area contributed by atoms with Crippen molar-refractivity contribution in [3.05, 3.63) is 0 Å². The van der Waals surface area contributed by atoms with Gasteiger partial charge in [-0.3, -0.25) is 4.79 Å². The number of rotatable bonds is 4. The van der Waals surface area contributed by atoms with Crippen LogP contribution in [0, 0.1) is 5.92 Å². The highest BCUT2D eigenvalue weighted by Crippen LogP contribution is 2.38. The van der Waals surface area contributed by atoms with E-state index in [2.05, 4.69) is 33.9 Å². The fraction of sp³-hybridized carbons (Fsp3) is 0.917. The predicted molar refractivity (Wildman–Crippen MR) is 68.9 cm³/mol. The molecular weight excluding hydrogens is 220 g/mol. The van der Waals surface area contributed by atoms with Gasteiger partial charge in [0.25, 0.3) is 0 Å². The van der Waals surface area contributed by atoms with Gasteiger partial charge >= 0.3 is 5.97 Å². The van der Waals surface area contributed by atoms with Crippen molar-refractivity contribution in [2.24, 2.45) is 5.92 Å². The Labute approximate surface area is 101 Å². The number of methoxy groups -OCH3 is 1. The fourth-order valence-electron chi connectivity index (χ4n) is 1.12. The molecule has 0 bridgehead atoms. The van der Waals surface area contributed by atoms with Crippen molar-refractivity contribution < 1.29 is 14.0 Å². The molecule has 2 atom stereocenters. The van der Waals surface area contributed by atoms with Gasteiger partial charge in [-0.25, -0.2) is 0 Å². The molecule has 0 aromatic heterocycles. The summed E-state index contributed by atoms with van der Waals surface area (Å²) in [5.41, 5.74) is 0. The van der Waals surface area contributed by atoms with E-state index in [1.54, 1.807) is 0 Å². The first-order valence-electron chi connectivity index (χ1n) is 5.78.